The minimum atomic E-state index is -0.705. The molecule has 3 N–H and O–H groups in total. The molecule has 1 aromatic heterocycles. The highest BCUT2D eigenvalue weighted by molar-refractivity contribution is 5.87. The number of aromatic amines is 1. The molecule has 0 aliphatic carbocycles. The van der Waals surface area contributed by atoms with Crippen molar-refractivity contribution in [2.45, 2.75) is 72.5 Å². The van der Waals surface area contributed by atoms with Crippen LogP contribution < -0.4 is 10.6 Å². The van der Waals surface area contributed by atoms with E-state index in [1.54, 1.807) is 4.90 Å². The number of nitrogens with one attached hydrogen (secondary N) is 3. The van der Waals surface area contributed by atoms with E-state index in [0.717, 1.165) is 41.8 Å². The van der Waals surface area contributed by atoms with E-state index in [9.17, 15) is 19.2 Å². The van der Waals surface area contributed by atoms with Crippen LogP contribution in [0.3, 0.4) is 0 Å². The van der Waals surface area contributed by atoms with E-state index in [0.29, 0.717) is 26.1 Å². The van der Waals surface area contributed by atoms with Crippen LogP contribution in [0.2, 0.25) is 0 Å². The molecular weight excluding hydrogens is 524 g/mol. The van der Waals surface area contributed by atoms with Gasteiger partial charge in [-0.2, -0.15) is 0 Å². The van der Waals surface area contributed by atoms with Crippen molar-refractivity contribution in [3.05, 3.63) is 29.6 Å². The molecule has 0 spiro atoms. The quantitative estimate of drug-likeness (QED) is 0.424. The highest BCUT2D eigenvalue weighted by Gasteiger charge is 2.37. The third-order valence-corrected chi connectivity index (χ3v) is 8.53. The summed E-state index contributed by atoms with van der Waals surface area (Å²) < 4.78 is 4.65. The van der Waals surface area contributed by atoms with Gasteiger partial charge >= 0.3 is 6.09 Å². The molecule has 3 heterocycles. The molecule has 4 atom stereocenters. The zero-order chi connectivity index (χ0) is 29.8. The molecule has 224 valence electrons. The smallest absolute Gasteiger partial charge is 0.407 e. The summed E-state index contributed by atoms with van der Waals surface area (Å²) in [6.07, 6.45) is 1.76. The van der Waals surface area contributed by atoms with E-state index in [2.05, 4.69) is 34.2 Å². The molecule has 2 aliphatic rings. The molecule has 2 saturated heterocycles. The molecule has 2 fully saturated rings. The summed E-state index contributed by atoms with van der Waals surface area (Å²) in [6.45, 7) is 11.7. The average Bonchev–Trinajstić information content (AvgIpc) is 3.72. The Morgan fingerprint density at radius 1 is 1.05 bits per heavy atom. The van der Waals surface area contributed by atoms with Gasteiger partial charge in [0.25, 0.3) is 0 Å². The number of ether oxygens (including phenoxy) is 1. The van der Waals surface area contributed by atoms with Gasteiger partial charge in [-0.05, 0) is 48.8 Å². The highest BCUT2D eigenvalue weighted by atomic mass is 16.5. The maximum atomic E-state index is 13.1. The number of methoxy groups -OCH3 is 1. The van der Waals surface area contributed by atoms with Gasteiger partial charge in [-0.1, -0.05) is 40.7 Å². The van der Waals surface area contributed by atoms with Crippen LogP contribution in [-0.4, -0.2) is 76.4 Å². The summed E-state index contributed by atoms with van der Waals surface area (Å²) in [5, 5.41) is 5.62. The van der Waals surface area contributed by atoms with Crippen LogP contribution in [0, 0.1) is 23.7 Å². The van der Waals surface area contributed by atoms with Crippen LogP contribution in [0.25, 0.3) is 11.0 Å². The monoisotopic (exact) mass is 568 g/mol. The highest BCUT2D eigenvalue weighted by Crippen LogP contribution is 2.33. The van der Waals surface area contributed by atoms with Gasteiger partial charge in [0.15, 0.2) is 0 Å². The summed E-state index contributed by atoms with van der Waals surface area (Å²) in [7, 11) is 1.26. The van der Waals surface area contributed by atoms with E-state index < -0.39 is 12.1 Å². The fraction of sp³-hybridized carbons (Fsp3) is 0.633. The van der Waals surface area contributed by atoms with Gasteiger partial charge in [0.05, 0.1) is 30.1 Å². The predicted octanol–water partition coefficient (Wildman–Crippen LogP) is 3.36. The second-order valence-electron chi connectivity index (χ2n) is 12.0. The van der Waals surface area contributed by atoms with Crippen molar-refractivity contribution in [2.75, 3.05) is 26.7 Å². The van der Waals surface area contributed by atoms with E-state index in [4.69, 9.17) is 4.98 Å². The van der Waals surface area contributed by atoms with E-state index in [1.807, 2.05) is 43.9 Å². The molecule has 11 nitrogen and oxygen atoms in total. The van der Waals surface area contributed by atoms with E-state index in [-0.39, 0.29) is 47.4 Å². The number of aromatic nitrogens is 2. The largest absolute Gasteiger partial charge is 0.453 e. The number of likely N-dealkylation sites (tertiary alicyclic amines) is 2. The van der Waals surface area contributed by atoms with Crippen LogP contribution in [0.1, 0.15) is 71.3 Å². The summed E-state index contributed by atoms with van der Waals surface area (Å²) in [5.74, 6) is 0.492. The van der Waals surface area contributed by atoms with Gasteiger partial charge in [-0.15, -0.1) is 0 Å². The third-order valence-electron chi connectivity index (χ3n) is 8.53. The van der Waals surface area contributed by atoms with Gasteiger partial charge in [0.2, 0.25) is 17.7 Å². The molecule has 0 radical (unpaired) electrons. The van der Waals surface area contributed by atoms with Crippen molar-refractivity contribution in [3.8, 4) is 0 Å². The van der Waals surface area contributed by atoms with Crippen molar-refractivity contribution >= 4 is 34.8 Å². The molecule has 0 unspecified atom stereocenters. The average molecular weight is 569 g/mol. The first-order valence-corrected chi connectivity index (χ1v) is 14.7. The molecule has 41 heavy (non-hydrogen) atoms. The number of rotatable bonds is 9. The first-order chi connectivity index (χ1) is 19.5. The number of carbonyl (C=O) groups excluding carboxylic acids is 4. The Morgan fingerprint density at radius 3 is 2.49 bits per heavy atom. The Hall–Kier alpha value is -3.63. The lowest BCUT2D eigenvalue weighted by molar-refractivity contribution is -0.137. The molecule has 4 rings (SSSR count). The van der Waals surface area contributed by atoms with Crippen LogP contribution in [0.4, 0.5) is 4.79 Å². The Morgan fingerprint density at radius 2 is 1.80 bits per heavy atom. The second kappa shape index (κ2) is 12.9. The summed E-state index contributed by atoms with van der Waals surface area (Å²) in [4.78, 5) is 62.6. The third kappa shape index (κ3) is 6.82. The van der Waals surface area contributed by atoms with Crippen molar-refractivity contribution in [1.29, 1.82) is 0 Å². The lowest BCUT2D eigenvalue weighted by Gasteiger charge is -2.27. The first kappa shape index (κ1) is 30.3. The number of amides is 4. The standard InChI is InChI=1S/C30H44N6O5/c1-17(2)19(5)28(38)36-12-7-8-24(36)26-32-22-10-9-20(14-23(22)33-26)15-31-27(37)21-11-13-35(16-21)29(39)25(18(3)4)34-30(40)41-6/h9-10,14,17-19,21,24-25H,7-8,11-13,15-16H2,1-6H3,(H,31,37)(H,32,33)(H,34,40)/t19-,21-,24-,25-/m0/s1. The van der Waals surface area contributed by atoms with Gasteiger partial charge in [0, 0.05) is 32.1 Å². The van der Waals surface area contributed by atoms with Crippen LogP contribution in [0.5, 0.6) is 0 Å². The van der Waals surface area contributed by atoms with Gasteiger partial charge in [-0.3, -0.25) is 14.4 Å². The summed E-state index contributed by atoms with van der Waals surface area (Å²) in [5.41, 5.74) is 2.64. The fourth-order valence-electron chi connectivity index (χ4n) is 5.61. The second-order valence-corrected chi connectivity index (χ2v) is 12.0. The number of alkyl carbamates (subject to hydrolysis) is 1. The van der Waals surface area contributed by atoms with Gasteiger partial charge < -0.3 is 30.2 Å². The zero-order valence-electron chi connectivity index (χ0n) is 25.0. The van der Waals surface area contributed by atoms with Crippen molar-refractivity contribution in [1.82, 2.24) is 30.4 Å². The predicted molar refractivity (Wildman–Crippen MR) is 154 cm³/mol. The Labute approximate surface area is 241 Å². The van der Waals surface area contributed by atoms with Crippen molar-refractivity contribution in [2.24, 2.45) is 23.7 Å². The number of hydrogen-bond acceptors (Lipinski definition) is 6. The van der Waals surface area contributed by atoms with E-state index in [1.165, 1.54) is 7.11 Å². The lowest BCUT2D eigenvalue weighted by atomic mass is 9.96. The minimum absolute atomic E-state index is 0.0339. The Kier molecular flexibility index (Phi) is 9.55. The molecule has 2 aromatic rings. The maximum Gasteiger partial charge on any atom is 0.407 e. The topological polar surface area (TPSA) is 137 Å². The first-order valence-electron chi connectivity index (χ1n) is 14.7. The molecule has 11 heteroatoms. The van der Waals surface area contributed by atoms with Gasteiger partial charge in [0.1, 0.15) is 11.9 Å². The molecule has 4 amide bonds. The summed E-state index contributed by atoms with van der Waals surface area (Å²) >= 11 is 0. The number of H-pyrrole nitrogens is 1. The molecule has 0 saturated carbocycles. The van der Waals surface area contributed by atoms with Crippen molar-refractivity contribution < 1.29 is 23.9 Å². The molecular formula is C30H44N6O5. The SMILES string of the molecule is COC(=O)N[C@H](C(=O)N1CC[C@H](C(=O)NCc2ccc3nc([C@@H]4CCCN4C(=O)[C@@H](C)C(C)C)[nH]c3c2)C1)C(C)C. The molecule has 2 aliphatic heterocycles. The number of benzene rings is 1. The van der Waals surface area contributed by atoms with Crippen molar-refractivity contribution in [3.63, 3.8) is 0 Å². The normalized spacial score (nSPS) is 20.5. The summed E-state index contributed by atoms with van der Waals surface area (Å²) in [6, 6.07) is 5.11. The molecule has 1 aromatic carbocycles. The fourth-order valence-corrected chi connectivity index (χ4v) is 5.61. The lowest BCUT2D eigenvalue weighted by Crippen LogP contribution is -2.50. The molecule has 0 bridgehead atoms. The number of carbonyl (C=O) groups is 4. The number of imidazole rings is 1. The van der Waals surface area contributed by atoms with Gasteiger partial charge in [-0.25, -0.2) is 9.78 Å². The number of fused-ring (bicyclic) bond motifs is 1. The minimum Gasteiger partial charge on any atom is -0.453 e. The van der Waals surface area contributed by atoms with Crippen LogP contribution >= 0.6 is 0 Å². The number of nitrogens with zero attached hydrogens (tertiary/aromatic N) is 3. The Bertz CT molecular complexity index is 1270. The number of hydrogen-bond donors (Lipinski definition) is 3. The zero-order valence-corrected chi connectivity index (χ0v) is 25.0. The van der Waals surface area contributed by atoms with Crippen LogP contribution in [-0.2, 0) is 25.7 Å². The Balaban J connectivity index is 1.35. The van der Waals surface area contributed by atoms with Crippen LogP contribution in [0.15, 0.2) is 18.2 Å². The van der Waals surface area contributed by atoms with E-state index >= 15 is 0 Å². The maximum absolute atomic E-state index is 13.1.